The summed E-state index contributed by atoms with van der Waals surface area (Å²) in [5.41, 5.74) is -0.551. The Morgan fingerprint density at radius 3 is 2.22 bits per heavy atom. The molecule has 1 aliphatic rings. The molecule has 0 radical (unpaired) electrons. The molecule has 3 nitrogen and oxygen atoms in total. The lowest BCUT2D eigenvalue weighted by molar-refractivity contribution is -0.144. The molecule has 0 bridgehead atoms. The third-order valence-corrected chi connectivity index (χ3v) is 4.66. The Balaban J connectivity index is 2.25. The predicted octanol–water partition coefficient (Wildman–Crippen LogP) is 4.75. The molecule has 2 rings (SSSR count). The maximum Gasteiger partial charge on any atom is 0.307 e. The predicted molar refractivity (Wildman–Crippen MR) is 79.0 cm³/mol. The Labute approximate surface area is 130 Å². The zero-order valence-electron chi connectivity index (χ0n) is 9.38. The Kier molecular flexibility index (Phi) is 4.39. The summed E-state index contributed by atoms with van der Waals surface area (Å²) in [5.74, 6) is -0.154. The van der Waals surface area contributed by atoms with Crippen LogP contribution in [0.3, 0.4) is 0 Å². The Morgan fingerprint density at radius 1 is 1.28 bits per heavy atom. The van der Waals surface area contributed by atoms with E-state index in [-0.39, 0.29) is 6.42 Å². The van der Waals surface area contributed by atoms with Gasteiger partial charge in [-0.3, -0.25) is 4.79 Å². The van der Waals surface area contributed by atoms with Gasteiger partial charge in [0.05, 0.1) is 15.4 Å². The summed E-state index contributed by atoms with van der Waals surface area (Å²) < 4.78 is 8.51. The topological polar surface area (TPSA) is 46.5 Å². The van der Waals surface area contributed by atoms with Crippen molar-refractivity contribution in [3.63, 3.8) is 0 Å². The van der Waals surface area contributed by atoms with Crippen LogP contribution in [0.25, 0.3) is 0 Å². The van der Waals surface area contributed by atoms with E-state index in [0.29, 0.717) is 5.75 Å². The van der Waals surface area contributed by atoms with E-state index in [0.717, 1.165) is 32.7 Å². The molecular formula is C12H11Br3O3. The van der Waals surface area contributed by atoms with Crippen LogP contribution >= 0.6 is 47.8 Å². The highest BCUT2D eigenvalue weighted by molar-refractivity contribution is 9.11. The number of hydrogen-bond donors (Lipinski definition) is 1. The van der Waals surface area contributed by atoms with Crippen molar-refractivity contribution in [1.29, 1.82) is 0 Å². The molecule has 1 aromatic carbocycles. The number of ether oxygens (including phenoxy) is 1. The molecule has 0 aliphatic heterocycles. The van der Waals surface area contributed by atoms with Crippen LogP contribution in [0.4, 0.5) is 0 Å². The molecule has 0 heterocycles. The number of aliphatic carboxylic acids is 1. The van der Waals surface area contributed by atoms with Crippen LogP contribution < -0.4 is 4.74 Å². The summed E-state index contributed by atoms with van der Waals surface area (Å²) in [6.45, 7) is 0. The van der Waals surface area contributed by atoms with E-state index in [2.05, 4.69) is 47.8 Å². The van der Waals surface area contributed by atoms with Crippen molar-refractivity contribution in [3.8, 4) is 5.75 Å². The van der Waals surface area contributed by atoms with Crippen molar-refractivity contribution in [2.24, 2.45) is 0 Å². The normalized spacial score (nSPS) is 17.1. The summed E-state index contributed by atoms with van der Waals surface area (Å²) in [6, 6.07) is 3.76. The monoisotopic (exact) mass is 440 g/mol. The van der Waals surface area contributed by atoms with Crippen molar-refractivity contribution >= 4 is 53.8 Å². The van der Waals surface area contributed by atoms with Gasteiger partial charge in [-0.2, -0.15) is 0 Å². The molecule has 0 aromatic heterocycles. The summed E-state index contributed by atoms with van der Waals surface area (Å²) in [4.78, 5) is 10.9. The molecule has 0 unspecified atom stereocenters. The zero-order valence-corrected chi connectivity index (χ0v) is 14.1. The maximum absolute atomic E-state index is 10.9. The van der Waals surface area contributed by atoms with E-state index < -0.39 is 11.6 Å². The largest absolute Gasteiger partial charge is 0.484 e. The Bertz CT molecular complexity index is 460. The molecule has 0 spiro atoms. The molecule has 1 N–H and O–H groups in total. The second-order valence-electron chi connectivity index (χ2n) is 4.41. The van der Waals surface area contributed by atoms with E-state index in [1.54, 1.807) is 0 Å². The molecule has 0 amide bonds. The Hall–Kier alpha value is -0.0700. The average Bonchev–Trinajstić information content (AvgIpc) is 2.18. The number of halogens is 3. The van der Waals surface area contributed by atoms with Gasteiger partial charge in [0.15, 0.2) is 0 Å². The smallest absolute Gasteiger partial charge is 0.307 e. The molecule has 0 atom stereocenters. The number of carboxylic acid groups (broad SMARTS) is 1. The molecule has 1 aliphatic carbocycles. The van der Waals surface area contributed by atoms with E-state index in [9.17, 15) is 4.79 Å². The van der Waals surface area contributed by atoms with Crippen molar-refractivity contribution in [2.75, 3.05) is 0 Å². The molecule has 98 valence electrons. The van der Waals surface area contributed by atoms with Gasteiger partial charge in [0.25, 0.3) is 0 Å². The van der Waals surface area contributed by atoms with Gasteiger partial charge in [0, 0.05) is 4.47 Å². The molecular weight excluding hydrogens is 432 g/mol. The average molecular weight is 443 g/mol. The van der Waals surface area contributed by atoms with Gasteiger partial charge in [0.1, 0.15) is 11.4 Å². The number of benzene rings is 1. The fourth-order valence-corrected chi connectivity index (χ4v) is 4.43. The maximum atomic E-state index is 10.9. The second-order valence-corrected chi connectivity index (χ2v) is 7.03. The van der Waals surface area contributed by atoms with Gasteiger partial charge in [0.2, 0.25) is 0 Å². The summed E-state index contributed by atoms with van der Waals surface area (Å²) >= 11 is 10.3. The van der Waals surface area contributed by atoms with E-state index in [4.69, 9.17) is 9.84 Å². The van der Waals surface area contributed by atoms with Crippen molar-refractivity contribution in [1.82, 2.24) is 0 Å². The lowest BCUT2D eigenvalue weighted by atomic mass is 9.77. The first-order valence-corrected chi connectivity index (χ1v) is 7.85. The molecule has 1 fully saturated rings. The van der Waals surface area contributed by atoms with Crippen LogP contribution in [0.2, 0.25) is 0 Å². The fourth-order valence-electron chi connectivity index (χ4n) is 2.00. The summed E-state index contributed by atoms with van der Waals surface area (Å²) in [7, 11) is 0. The molecule has 6 heteroatoms. The quantitative estimate of drug-likeness (QED) is 0.732. The molecule has 1 aromatic rings. The van der Waals surface area contributed by atoms with Gasteiger partial charge in [-0.15, -0.1) is 0 Å². The van der Waals surface area contributed by atoms with Gasteiger partial charge >= 0.3 is 5.97 Å². The minimum absolute atomic E-state index is 0.0436. The van der Waals surface area contributed by atoms with Crippen LogP contribution in [0.15, 0.2) is 25.6 Å². The second kappa shape index (κ2) is 5.51. The standard InChI is InChI=1S/C12H11Br3O3/c13-7-4-8(14)11(9(15)5-7)18-12(2-1-3-12)6-10(16)17/h4-5H,1-3,6H2,(H,16,17). The van der Waals surface area contributed by atoms with Crippen molar-refractivity contribution in [2.45, 2.75) is 31.3 Å². The number of carboxylic acids is 1. The first-order valence-electron chi connectivity index (χ1n) is 5.47. The highest BCUT2D eigenvalue weighted by Gasteiger charge is 2.42. The van der Waals surface area contributed by atoms with Gasteiger partial charge < -0.3 is 9.84 Å². The first-order chi connectivity index (χ1) is 8.42. The number of hydrogen-bond acceptors (Lipinski definition) is 2. The lowest BCUT2D eigenvalue weighted by Crippen LogP contribution is -2.45. The van der Waals surface area contributed by atoms with Crippen molar-refractivity contribution < 1.29 is 14.6 Å². The third kappa shape index (κ3) is 3.08. The van der Waals surface area contributed by atoms with Crippen LogP contribution in [0, 0.1) is 0 Å². The lowest BCUT2D eigenvalue weighted by Gasteiger charge is -2.41. The summed E-state index contributed by atoms with van der Waals surface area (Å²) in [6.07, 6.45) is 2.63. The fraction of sp³-hybridized carbons (Fsp3) is 0.417. The summed E-state index contributed by atoms with van der Waals surface area (Å²) in [5, 5.41) is 8.96. The highest BCUT2D eigenvalue weighted by Crippen LogP contribution is 2.44. The van der Waals surface area contributed by atoms with Gasteiger partial charge in [-0.05, 0) is 63.3 Å². The number of carbonyl (C=O) groups is 1. The molecule has 1 saturated carbocycles. The Morgan fingerprint density at radius 2 is 1.83 bits per heavy atom. The first kappa shape index (κ1) is 14.3. The van der Waals surface area contributed by atoms with Crippen LogP contribution in [-0.4, -0.2) is 16.7 Å². The zero-order chi connectivity index (χ0) is 13.3. The molecule has 0 saturated heterocycles. The van der Waals surface area contributed by atoms with Gasteiger partial charge in [-0.1, -0.05) is 15.9 Å². The van der Waals surface area contributed by atoms with Crippen LogP contribution in [0.1, 0.15) is 25.7 Å². The van der Waals surface area contributed by atoms with Crippen molar-refractivity contribution in [3.05, 3.63) is 25.6 Å². The highest BCUT2D eigenvalue weighted by atomic mass is 79.9. The van der Waals surface area contributed by atoms with E-state index in [1.165, 1.54) is 0 Å². The van der Waals surface area contributed by atoms with Gasteiger partial charge in [-0.25, -0.2) is 0 Å². The van der Waals surface area contributed by atoms with E-state index >= 15 is 0 Å². The number of rotatable bonds is 4. The SMILES string of the molecule is O=C(O)CC1(Oc2c(Br)cc(Br)cc2Br)CCC1. The van der Waals surface area contributed by atoms with Crippen LogP contribution in [0.5, 0.6) is 5.75 Å². The van der Waals surface area contributed by atoms with Crippen LogP contribution in [-0.2, 0) is 4.79 Å². The van der Waals surface area contributed by atoms with E-state index in [1.807, 2.05) is 12.1 Å². The third-order valence-electron chi connectivity index (χ3n) is 3.02. The minimum Gasteiger partial charge on any atom is -0.484 e. The molecule has 18 heavy (non-hydrogen) atoms. The minimum atomic E-state index is -0.820.